The van der Waals surface area contributed by atoms with E-state index in [9.17, 15) is 18.0 Å². The van der Waals surface area contributed by atoms with Gasteiger partial charge in [-0.3, -0.25) is 4.79 Å². The van der Waals surface area contributed by atoms with Crippen LogP contribution in [0.1, 0.15) is 12.8 Å². The van der Waals surface area contributed by atoms with Crippen molar-refractivity contribution in [1.82, 2.24) is 10.2 Å². The highest BCUT2D eigenvalue weighted by molar-refractivity contribution is 5.87. The fraction of sp³-hybridized carbons (Fsp3) is 0.636. The summed E-state index contributed by atoms with van der Waals surface area (Å²) in [4.78, 5) is 21.9. The van der Waals surface area contributed by atoms with Crippen molar-refractivity contribution in [2.24, 2.45) is 0 Å². The van der Waals surface area contributed by atoms with Crippen molar-refractivity contribution in [1.29, 1.82) is 0 Å². The van der Waals surface area contributed by atoms with Gasteiger partial charge in [-0.15, -0.1) is 0 Å². The Bertz CT molecular complexity index is 326. The highest BCUT2D eigenvalue weighted by atomic mass is 19.4. The molecule has 19 heavy (non-hydrogen) atoms. The minimum absolute atomic E-state index is 0.0295. The predicted molar refractivity (Wildman–Crippen MR) is 62.5 cm³/mol. The van der Waals surface area contributed by atoms with Crippen molar-refractivity contribution in [3.8, 4) is 0 Å². The van der Waals surface area contributed by atoms with E-state index >= 15 is 0 Å². The number of carboxylic acids is 1. The molecular weight excluding hydrogens is 265 g/mol. The number of halogens is 3. The Balaban J connectivity index is 0.000000399. The van der Waals surface area contributed by atoms with E-state index in [0.717, 1.165) is 25.9 Å². The van der Waals surface area contributed by atoms with Crippen LogP contribution in [-0.2, 0) is 9.59 Å². The zero-order valence-electron chi connectivity index (χ0n) is 10.5. The van der Waals surface area contributed by atoms with Gasteiger partial charge in [0.05, 0.1) is 0 Å². The Morgan fingerprint density at radius 3 is 2.11 bits per heavy atom. The monoisotopic (exact) mass is 282 g/mol. The summed E-state index contributed by atoms with van der Waals surface area (Å²) in [6, 6.07) is 0.400. The molecule has 1 amide bonds. The van der Waals surface area contributed by atoms with Crippen LogP contribution in [0.5, 0.6) is 0 Å². The van der Waals surface area contributed by atoms with E-state index in [-0.39, 0.29) is 5.91 Å². The zero-order valence-corrected chi connectivity index (χ0v) is 10.5. The molecule has 0 aromatic carbocycles. The Morgan fingerprint density at radius 2 is 1.79 bits per heavy atom. The molecule has 110 valence electrons. The fourth-order valence-corrected chi connectivity index (χ4v) is 1.52. The maximum Gasteiger partial charge on any atom is 0.490 e. The number of amides is 1. The molecule has 0 saturated carbocycles. The molecule has 0 bridgehead atoms. The van der Waals surface area contributed by atoms with E-state index in [0.29, 0.717) is 6.04 Å². The molecule has 0 aromatic rings. The smallest absolute Gasteiger partial charge is 0.475 e. The van der Waals surface area contributed by atoms with Gasteiger partial charge in [-0.1, -0.05) is 6.58 Å². The van der Waals surface area contributed by atoms with E-state index in [1.165, 1.54) is 6.08 Å². The lowest BCUT2D eigenvalue weighted by Gasteiger charge is -2.30. The third kappa shape index (κ3) is 6.80. The summed E-state index contributed by atoms with van der Waals surface area (Å²) < 4.78 is 31.7. The molecule has 5 nitrogen and oxygen atoms in total. The lowest BCUT2D eigenvalue weighted by atomic mass is 10.1. The van der Waals surface area contributed by atoms with Gasteiger partial charge in [0.2, 0.25) is 5.91 Å². The van der Waals surface area contributed by atoms with Gasteiger partial charge in [0.1, 0.15) is 0 Å². The van der Waals surface area contributed by atoms with Crippen LogP contribution in [0, 0.1) is 0 Å². The highest BCUT2D eigenvalue weighted by Crippen LogP contribution is 2.13. The summed E-state index contributed by atoms with van der Waals surface area (Å²) in [6.07, 6.45) is -1.60. The fourth-order valence-electron chi connectivity index (χ4n) is 1.52. The molecule has 0 unspecified atom stereocenters. The van der Waals surface area contributed by atoms with Crippen LogP contribution in [0.4, 0.5) is 13.2 Å². The average molecular weight is 282 g/mol. The molecule has 8 heteroatoms. The molecule has 0 aliphatic carbocycles. The first-order valence-electron chi connectivity index (χ1n) is 5.60. The number of hydrogen-bond donors (Lipinski definition) is 2. The normalized spacial score (nSPS) is 16.0. The van der Waals surface area contributed by atoms with Crippen molar-refractivity contribution in [2.45, 2.75) is 25.1 Å². The number of carbonyl (C=O) groups excluding carboxylic acids is 1. The summed E-state index contributed by atoms with van der Waals surface area (Å²) in [5.74, 6) is -2.73. The number of nitrogens with one attached hydrogen (secondary N) is 1. The van der Waals surface area contributed by atoms with Crippen LogP contribution in [0.15, 0.2) is 12.7 Å². The van der Waals surface area contributed by atoms with Crippen LogP contribution in [-0.4, -0.2) is 54.2 Å². The Morgan fingerprint density at radius 1 is 1.37 bits per heavy atom. The third-order valence-electron chi connectivity index (χ3n) is 2.62. The van der Waals surface area contributed by atoms with Crippen LogP contribution in [0.2, 0.25) is 0 Å². The summed E-state index contributed by atoms with van der Waals surface area (Å²) in [5, 5.41) is 10.4. The number of nitrogens with zero attached hydrogens (tertiary/aromatic N) is 1. The standard InChI is InChI=1S/C9H16N2O.C2HF3O2/c1-3-9(12)11(2)8-4-6-10-7-5-8;3-2(4,5)1(6)7/h3,8,10H,1,4-7H2,2H3;(H,6,7). The second-order valence-corrected chi connectivity index (χ2v) is 3.94. The minimum Gasteiger partial charge on any atom is -0.475 e. The van der Waals surface area contributed by atoms with Crippen molar-refractivity contribution in [2.75, 3.05) is 20.1 Å². The number of carboxylic acid groups (broad SMARTS) is 1. The van der Waals surface area contributed by atoms with Gasteiger partial charge >= 0.3 is 12.1 Å². The first kappa shape index (κ1) is 17.4. The van der Waals surface area contributed by atoms with Gasteiger partial charge in [0.25, 0.3) is 0 Å². The molecule has 1 heterocycles. The van der Waals surface area contributed by atoms with E-state index in [1.54, 1.807) is 4.90 Å². The van der Waals surface area contributed by atoms with Gasteiger partial charge in [-0.2, -0.15) is 13.2 Å². The predicted octanol–water partition coefficient (Wildman–Crippen LogP) is 1.02. The first-order valence-corrected chi connectivity index (χ1v) is 5.60. The number of alkyl halides is 3. The number of aliphatic carboxylic acids is 1. The number of likely N-dealkylation sites (N-methyl/N-ethyl adjacent to an activating group) is 1. The molecule has 1 fully saturated rings. The van der Waals surface area contributed by atoms with Crippen LogP contribution >= 0.6 is 0 Å². The largest absolute Gasteiger partial charge is 0.490 e. The van der Waals surface area contributed by atoms with E-state index < -0.39 is 12.1 Å². The van der Waals surface area contributed by atoms with E-state index in [1.807, 2.05) is 7.05 Å². The molecule has 1 aliphatic heterocycles. The quantitative estimate of drug-likeness (QED) is 0.742. The van der Waals surface area contributed by atoms with Crippen LogP contribution < -0.4 is 5.32 Å². The molecule has 2 N–H and O–H groups in total. The molecule has 1 saturated heterocycles. The second kappa shape index (κ2) is 7.78. The van der Waals surface area contributed by atoms with Gasteiger partial charge in [-0.05, 0) is 32.0 Å². The molecule has 1 aliphatic rings. The maximum absolute atomic E-state index is 11.2. The Kier molecular flexibility index (Phi) is 7.13. The Hall–Kier alpha value is -1.57. The second-order valence-electron chi connectivity index (χ2n) is 3.94. The summed E-state index contributed by atoms with van der Waals surface area (Å²) in [6.45, 7) is 5.50. The van der Waals surface area contributed by atoms with Crippen molar-refractivity contribution in [3.05, 3.63) is 12.7 Å². The summed E-state index contributed by atoms with van der Waals surface area (Å²) >= 11 is 0. The topological polar surface area (TPSA) is 69.6 Å². The van der Waals surface area contributed by atoms with Gasteiger partial charge < -0.3 is 15.3 Å². The Labute approximate surface area is 109 Å². The first-order chi connectivity index (χ1) is 8.70. The number of carbonyl (C=O) groups is 2. The third-order valence-corrected chi connectivity index (χ3v) is 2.62. The molecule has 1 rings (SSSR count). The van der Waals surface area contributed by atoms with Gasteiger partial charge in [-0.25, -0.2) is 4.79 Å². The van der Waals surface area contributed by atoms with Gasteiger partial charge in [0, 0.05) is 13.1 Å². The number of piperidine rings is 1. The maximum atomic E-state index is 11.2. The zero-order chi connectivity index (χ0) is 15.1. The van der Waals surface area contributed by atoms with Crippen LogP contribution in [0.3, 0.4) is 0 Å². The van der Waals surface area contributed by atoms with Crippen molar-refractivity contribution >= 4 is 11.9 Å². The van der Waals surface area contributed by atoms with E-state index in [4.69, 9.17) is 9.90 Å². The molecular formula is C11H17F3N2O3. The van der Waals surface area contributed by atoms with Crippen molar-refractivity contribution in [3.63, 3.8) is 0 Å². The minimum atomic E-state index is -5.08. The van der Waals surface area contributed by atoms with Crippen LogP contribution in [0.25, 0.3) is 0 Å². The van der Waals surface area contributed by atoms with E-state index in [2.05, 4.69) is 11.9 Å². The average Bonchev–Trinajstić information content (AvgIpc) is 2.37. The molecule has 0 atom stereocenters. The molecule has 0 spiro atoms. The van der Waals surface area contributed by atoms with Gasteiger partial charge in [0.15, 0.2) is 0 Å². The molecule has 0 radical (unpaired) electrons. The van der Waals surface area contributed by atoms with Crippen molar-refractivity contribution < 1.29 is 27.9 Å². The number of rotatable bonds is 2. The summed E-state index contributed by atoms with van der Waals surface area (Å²) in [7, 11) is 1.85. The lowest BCUT2D eigenvalue weighted by Crippen LogP contribution is -2.43. The molecule has 0 aromatic heterocycles. The summed E-state index contributed by atoms with van der Waals surface area (Å²) in [5.41, 5.74) is 0. The highest BCUT2D eigenvalue weighted by Gasteiger charge is 2.38. The lowest BCUT2D eigenvalue weighted by molar-refractivity contribution is -0.192. The number of hydrogen-bond acceptors (Lipinski definition) is 3. The SMILES string of the molecule is C=CC(=O)N(C)C1CCNCC1.O=C(O)C(F)(F)F.